The minimum Gasteiger partial charge on any atom is -0.462 e. The van der Waals surface area contributed by atoms with Crippen LogP contribution in [0.25, 0.3) is 0 Å². The van der Waals surface area contributed by atoms with Crippen LogP contribution in [0.2, 0.25) is 0 Å². The van der Waals surface area contributed by atoms with Gasteiger partial charge in [-0.3, -0.25) is 0 Å². The molecule has 64 heavy (non-hydrogen) atoms. The molecule has 3 aromatic carbocycles. The SMILES string of the molecule is C=C(C)[C@]12C[C@@H](COC(=O)c3ccccc3)[C@@]34OC5(O[C@@H]1C3[C@@H]1O[C@]1(COC(=O)c1ccccc1)[C@@H](O)[C@@]1(O)C4C([C@H](C)CCCCCC[C@H]5O)[C@H](C)[C@@H]1OC(=O)c1ccccc1)O2. The lowest BCUT2D eigenvalue weighted by Gasteiger charge is -2.62. The first-order valence-electron chi connectivity index (χ1n) is 22.9. The van der Waals surface area contributed by atoms with Crippen molar-refractivity contribution in [2.75, 3.05) is 13.2 Å². The molecule has 2 spiro atoms. The maximum absolute atomic E-state index is 14.3. The molecule has 4 aliphatic heterocycles. The van der Waals surface area contributed by atoms with E-state index in [2.05, 4.69) is 13.5 Å². The van der Waals surface area contributed by atoms with Crippen molar-refractivity contribution in [2.24, 2.45) is 35.5 Å². The summed E-state index contributed by atoms with van der Waals surface area (Å²) in [5.41, 5.74) is -5.68. The van der Waals surface area contributed by atoms with Crippen LogP contribution in [0, 0.1) is 35.5 Å². The fourth-order valence-electron chi connectivity index (χ4n) is 13.2. The zero-order valence-electron chi connectivity index (χ0n) is 36.5. The van der Waals surface area contributed by atoms with Crippen LogP contribution in [0.1, 0.15) is 96.8 Å². The van der Waals surface area contributed by atoms with Gasteiger partial charge in [0.15, 0.2) is 5.60 Å². The topological polar surface area (TPSA) is 180 Å². The van der Waals surface area contributed by atoms with E-state index < -0.39 is 113 Å². The summed E-state index contributed by atoms with van der Waals surface area (Å²) in [7, 11) is 0. The number of epoxide rings is 1. The number of rotatable bonds is 9. The average molecular weight is 879 g/mol. The Kier molecular flexibility index (Phi) is 10.8. The zero-order valence-corrected chi connectivity index (χ0v) is 36.5. The number of ether oxygens (including phenoxy) is 7. The van der Waals surface area contributed by atoms with E-state index in [9.17, 15) is 29.7 Å². The Labute approximate surface area is 373 Å². The average Bonchev–Trinajstić information content (AvgIpc) is 3.93. The number of aliphatic hydroxyl groups excluding tert-OH is 2. The van der Waals surface area contributed by atoms with Gasteiger partial charge in [-0.25, -0.2) is 14.4 Å². The number of esters is 3. The Morgan fingerprint density at radius 3 is 1.94 bits per heavy atom. The quantitative estimate of drug-likeness (QED) is 0.0960. The maximum atomic E-state index is 14.3. The molecular formula is C51H58O13. The Balaban J connectivity index is 1.19. The van der Waals surface area contributed by atoms with Crippen molar-refractivity contribution in [3.8, 4) is 0 Å². The summed E-state index contributed by atoms with van der Waals surface area (Å²) >= 11 is 0. The molecule has 0 aromatic heterocycles. The van der Waals surface area contributed by atoms with Crippen molar-refractivity contribution in [1.29, 1.82) is 0 Å². The molecule has 10 rings (SSSR count). The summed E-state index contributed by atoms with van der Waals surface area (Å²) in [5.74, 6) is -8.04. The fourth-order valence-corrected chi connectivity index (χ4v) is 13.2. The van der Waals surface area contributed by atoms with Gasteiger partial charge >= 0.3 is 23.9 Å². The van der Waals surface area contributed by atoms with Gasteiger partial charge in [0.1, 0.15) is 48.3 Å². The van der Waals surface area contributed by atoms with Crippen molar-refractivity contribution >= 4 is 17.9 Å². The molecule has 4 heterocycles. The van der Waals surface area contributed by atoms with E-state index in [4.69, 9.17) is 33.2 Å². The third-order valence-electron chi connectivity index (χ3n) is 16.1. The minimum atomic E-state index is -2.36. The second kappa shape index (κ2) is 15.9. The van der Waals surface area contributed by atoms with Gasteiger partial charge in [0, 0.05) is 17.8 Å². The highest BCUT2D eigenvalue weighted by molar-refractivity contribution is 5.90. The Morgan fingerprint density at radius 1 is 0.750 bits per heavy atom. The van der Waals surface area contributed by atoms with Gasteiger partial charge in [0.2, 0.25) is 0 Å². The van der Waals surface area contributed by atoms with Gasteiger partial charge < -0.3 is 48.5 Å². The highest BCUT2D eigenvalue weighted by atomic mass is 16.9. The van der Waals surface area contributed by atoms with Gasteiger partial charge in [0.05, 0.1) is 28.9 Å². The third kappa shape index (κ3) is 6.32. The van der Waals surface area contributed by atoms with E-state index in [0.29, 0.717) is 17.6 Å². The van der Waals surface area contributed by atoms with Crippen LogP contribution in [-0.4, -0.2) is 105 Å². The second-order valence-corrected chi connectivity index (χ2v) is 19.6. The van der Waals surface area contributed by atoms with E-state index in [1.54, 1.807) is 91.0 Å². The van der Waals surface area contributed by atoms with Crippen molar-refractivity contribution in [1.82, 2.24) is 0 Å². The lowest BCUT2D eigenvalue weighted by molar-refractivity contribution is -0.459. The summed E-state index contributed by atoms with van der Waals surface area (Å²) in [4.78, 5) is 41.9. The normalized spacial score (nSPS) is 42.7. The molecule has 4 saturated heterocycles. The predicted molar refractivity (Wildman–Crippen MR) is 228 cm³/mol. The van der Waals surface area contributed by atoms with Crippen LogP contribution >= 0.6 is 0 Å². The third-order valence-corrected chi connectivity index (χ3v) is 16.1. The van der Waals surface area contributed by atoms with Crippen LogP contribution in [0.5, 0.6) is 0 Å². The van der Waals surface area contributed by atoms with E-state index >= 15 is 0 Å². The summed E-state index contributed by atoms with van der Waals surface area (Å²) in [5, 5.41) is 40.0. The van der Waals surface area contributed by atoms with E-state index in [1.165, 1.54) is 0 Å². The van der Waals surface area contributed by atoms with Crippen LogP contribution < -0.4 is 0 Å². The van der Waals surface area contributed by atoms with Gasteiger partial charge in [-0.05, 0) is 79.5 Å². The summed E-state index contributed by atoms with van der Waals surface area (Å²) in [6, 6.07) is 25.6. The molecule has 3 aliphatic carbocycles. The minimum absolute atomic E-state index is 0.134. The molecule has 13 heteroatoms. The molecule has 7 fully saturated rings. The van der Waals surface area contributed by atoms with Crippen LogP contribution in [-0.2, 0) is 33.2 Å². The van der Waals surface area contributed by atoms with Gasteiger partial charge in [0.25, 0.3) is 0 Å². The standard InChI is InChI=1S/C51H58O13/c1-29(2)47-26-35(27-58-43(53)32-19-11-7-12-20-32)50-38-41(47)62-51(63-47,64-50)36(52)25-17-6-5-10-18-30(3)37-31(4)40(60-45(55)34-23-15-9-16-24-34)49(57,39(37)50)46(56)48(42(38)61-48)28-59-44(54)33-21-13-8-14-22-33/h7-9,11-16,19-24,30-31,35-42,46,52,56-57H,1,5-6,10,17-18,25-28H2,2-4H3/t30-,31+,35+,36-,37?,38?,39?,40+,41-,42+,46-,47-,48+,49-,50-,51?/m1/s1. The Bertz CT molecular complexity index is 2270. The maximum Gasteiger partial charge on any atom is 0.338 e. The second-order valence-electron chi connectivity index (χ2n) is 19.6. The smallest absolute Gasteiger partial charge is 0.338 e. The highest BCUT2D eigenvalue weighted by Gasteiger charge is 2.91. The van der Waals surface area contributed by atoms with Crippen molar-refractivity contribution < 1.29 is 62.9 Å². The lowest BCUT2D eigenvalue weighted by atomic mass is 9.51. The zero-order chi connectivity index (χ0) is 44.8. The monoisotopic (exact) mass is 878 g/mol. The van der Waals surface area contributed by atoms with Crippen molar-refractivity contribution in [3.63, 3.8) is 0 Å². The molecule has 0 radical (unpaired) electrons. The number of aliphatic hydroxyl groups is 3. The molecule has 3 bridgehead atoms. The first-order chi connectivity index (χ1) is 30.7. The summed E-state index contributed by atoms with van der Waals surface area (Å²) in [6.45, 7) is 9.60. The molecule has 3 N–H and O–H groups in total. The van der Waals surface area contributed by atoms with E-state index in [0.717, 1.165) is 25.7 Å². The van der Waals surface area contributed by atoms with Crippen LogP contribution in [0.4, 0.5) is 0 Å². The summed E-state index contributed by atoms with van der Waals surface area (Å²) in [6.07, 6.45) is -2.05. The molecule has 3 saturated carbocycles. The molecule has 7 aliphatic rings. The number of benzene rings is 3. The molecule has 0 amide bonds. The van der Waals surface area contributed by atoms with Gasteiger partial charge in [-0.2, -0.15) is 0 Å². The van der Waals surface area contributed by atoms with Gasteiger partial charge in [-0.15, -0.1) is 0 Å². The molecule has 16 atom stereocenters. The van der Waals surface area contributed by atoms with Crippen LogP contribution in [0.15, 0.2) is 103 Å². The molecule has 3 aromatic rings. The largest absolute Gasteiger partial charge is 0.462 e. The lowest BCUT2D eigenvalue weighted by Crippen LogP contribution is -2.75. The first-order valence-corrected chi connectivity index (χ1v) is 22.9. The predicted octanol–water partition coefficient (Wildman–Crippen LogP) is 6.19. The van der Waals surface area contributed by atoms with E-state index in [-0.39, 0.29) is 36.5 Å². The number of carbonyl (C=O) groups excluding carboxylic acids is 3. The number of hydrogen-bond acceptors (Lipinski definition) is 13. The van der Waals surface area contributed by atoms with Crippen molar-refractivity contribution in [2.45, 2.75) is 125 Å². The summed E-state index contributed by atoms with van der Waals surface area (Å²) < 4.78 is 47.3. The van der Waals surface area contributed by atoms with Crippen molar-refractivity contribution in [3.05, 3.63) is 120 Å². The number of hydrogen-bond donors (Lipinski definition) is 3. The highest BCUT2D eigenvalue weighted by Crippen LogP contribution is 2.76. The molecular weight excluding hydrogens is 821 g/mol. The van der Waals surface area contributed by atoms with Crippen LogP contribution in [0.3, 0.4) is 0 Å². The Hall–Kier alpha value is -4.47. The number of carbonyl (C=O) groups is 3. The first kappa shape index (κ1) is 43.4. The fraction of sp³-hybridized carbons (Fsp3) is 0.549. The number of fused-ring (bicyclic) bond motifs is 1. The van der Waals surface area contributed by atoms with Gasteiger partial charge in [-0.1, -0.05) is 107 Å². The molecule has 340 valence electrons. The molecule has 4 unspecified atom stereocenters. The molecule has 13 nitrogen and oxygen atoms in total. The van der Waals surface area contributed by atoms with E-state index in [1.807, 2.05) is 13.8 Å². The Morgan fingerprint density at radius 2 is 1.33 bits per heavy atom.